The Balaban J connectivity index is 1.18. The molecular formula is C25H37N3O5S. The van der Waals surface area contributed by atoms with E-state index in [9.17, 15) is 18.3 Å². The van der Waals surface area contributed by atoms with Crippen LogP contribution in [0.2, 0.25) is 0 Å². The van der Waals surface area contributed by atoms with Gasteiger partial charge in [0.1, 0.15) is 5.75 Å². The topological polar surface area (TPSA) is 99.2 Å². The molecule has 1 aliphatic heterocycles. The highest BCUT2D eigenvalue weighted by Gasteiger charge is 2.55. The highest BCUT2D eigenvalue weighted by molar-refractivity contribution is 7.89. The van der Waals surface area contributed by atoms with Gasteiger partial charge in [0.15, 0.2) is 0 Å². The quantitative estimate of drug-likeness (QED) is 0.638. The first-order valence-electron chi connectivity index (χ1n) is 12.5. The summed E-state index contributed by atoms with van der Waals surface area (Å²) >= 11 is 0. The van der Waals surface area contributed by atoms with Gasteiger partial charge in [-0.1, -0.05) is 0 Å². The van der Waals surface area contributed by atoms with E-state index in [0.717, 1.165) is 44.9 Å². The van der Waals surface area contributed by atoms with Gasteiger partial charge in [0.2, 0.25) is 10.0 Å². The number of nitrogens with one attached hydrogen (secondary N) is 1. The van der Waals surface area contributed by atoms with E-state index in [1.165, 1.54) is 4.31 Å². The molecule has 188 valence electrons. The SMILES string of the molecule is COc1ccc(S(=O)(=O)N(C)C[C@H]2CCCN(C(=O)NC3C4CC5CC3CC(O)(C5)C4)C2)cc1. The fourth-order valence-electron chi connectivity index (χ4n) is 7.24. The minimum atomic E-state index is -3.61. The number of carbonyl (C=O) groups is 1. The number of piperidine rings is 1. The summed E-state index contributed by atoms with van der Waals surface area (Å²) in [5.74, 6) is 2.07. The average Bonchev–Trinajstić information content (AvgIpc) is 2.80. The van der Waals surface area contributed by atoms with E-state index in [1.54, 1.807) is 38.4 Å². The second-order valence-corrected chi connectivity index (χ2v) is 13.1. The Hall–Kier alpha value is -1.84. The van der Waals surface area contributed by atoms with E-state index < -0.39 is 15.6 Å². The highest BCUT2D eigenvalue weighted by Crippen LogP contribution is 2.55. The van der Waals surface area contributed by atoms with Crippen molar-refractivity contribution in [2.45, 2.75) is 61.5 Å². The summed E-state index contributed by atoms with van der Waals surface area (Å²) in [7, 11) is -0.449. The Bertz CT molecular complexity index is 998. The van der Waals surface area contributed by atoms with Gasteiger partial charge in [-0.05, 0) is 92.9 Å². The maximum Gasteiger partial charge on any atom is 0.317 e. The van der Waals surface area contributed by atoms with Gasteiger partial charge in [0.25, 0.3) is 0 Å². The van der Waals surface area contributed by atoms with Crippen molar-refractivity contribution >= 4 is 16.1 Å². The Morgan fingerprint density at radius 2 is 1.88 bits per heavy atom. The summed E-state index contributed by atoms with van der Waals surface area (Å²) in [5.41, 5.74) is -0.506. The summed E-state index contributed by atoms with van der Waals surface area (Å²) < 4.78 is 32.6. The molecule has 9 heteroatoms. The van der Waals surface area contributed by atoms with Crippen LogP contribution in [0.15, 0.2) is 29.2 Å². The summed E-state index contributed by atoms with van der Waals surface area (Å²) in [6, 6.07) is 6.55. The molecule has 4 aliphatic carbocycles. The lowest BCUT2D eigenvalue weighted by molar-refractivity contribution is -0.137. The van der Waals surface area contributed by atoms with E-state index in [4.69, 9.17) is 4.74 Å². The minimum absolute atomic E-state index is 0.0326. The molecule has 2 N–H and O–H groups in total. The smallest absolute Gasteiger partial charge is 0.317 e. The van der Waals surface area contributed by atoms with Crippen LogP contribution in [0, 0.1) is 23.7 Å². The molecule has 0 radical (unpaired) electrons. The van der Waals surface area contributed by atoms with Crippen molar-refractivity contribution in [2.75, 3.05) is 33.8 Å². The Morgan fingerprint density at radius 1 is 1.21 bits per heavy atom. The first kappa shape index (κ1) is 23.9. The van der Waals surface area contributed by atoms with E-state index in [1.807, 2.05) is 4.90 Å². The zero-order valence-electron chi connectivity index (χ0n) is 20.2. The van der Waals surface area contributed by atoms with Crippen LogP contribution in [0.25, 0.3) is 0 Å². The van der Waals surface area contributed by atoms with Crippen LogP contribution in [0.3, 0.4) is 0 Å². The third-order valence-corrected chi connectivity index (χ3v) is 10.5. The second kappa shape index (κ2) is 8.99. The molecule has 2 unspecified atom stereocenters. The number of sulfonamides is 1. The first-order chi connectivity index (χ1) is 16.2. The van der Waals surface area contributed by atoms with E-state index in [-0.39, 0.29) is 22.9 Å². The third kappa shape index (κ3) is 4.54. The predicted molar refractivity (Wildman–Crippen MR) is 128 cm³/mol. The molecule has 5 aliphatic rings. The number of benzene rings is 1. The fourth-order valence-corrected chi connectivity index (χ4v) is 8.49. The van der Waals surface area contributed by atoms with Gasteiger partial charge in [0.05, 0.1) is 17.6 Å². The summed E-state index contributed by atoms with van der Waals surface area (Å²) in [6.45, 7) is 1.64. The molecule has 3 atom stereocenters. The number of carbonyl (C=O) groups excluding carboxylic acids is 1. The van der Waals surface area contributed by atoms with E-state index in [0.29, 0.717) is 43.1 Å². The molecular weight excluding hydrogens is 454 g/mol. The molecule has 1 aromatic rings. The number of hydrogen-bond acceptors (Lipinski definition) is 5. The summed E-state index contributed by atoms with van der Waals surface area (Å²) in [5, 5.41) is 14.1. The maximum atomic E-state index is 13.2. The molecule has 4 bridgehead atoms. The fraction of sp³-hybridized carbons (Fsp3) is 0.720. The predicted octanol–water partition coefficient (Wildman–Crippen LogP) is 2.68. The van der Waals surface area contributed by atoms with Crippen LogP contribution in [0.4, 0.5) is 4.79 Å². The van der Waals surface area contributed by atoms with Gasteiger partial charge in [-0.25, -0.2) is 17.5 Å². The summed E-state index contributed by atoms with van der Waals surface area (Å²) in [6.07, 6.45) is 6.54. The third-order valence-electron chi connectivity index (χ3n) is 8.62. The van der Waals surface area contributed by atoms with Gasteiger partial charge in [-0.2, -0.15) is 0 Å². The number of aliphatic hydroxyl groups is 1. The molecule has 0 aromatic heterocycles. The lowest BCUT2D eigenvalue weighted by Gasteiger charge is -2.58. The van der Waals surface area contributed by atoms with Crippen molar-refractivity contribution < 1.29 is 23.1 Å². The van der Waals surface area contributed by atoms with E-state index in [2.05, 4.69) is 5.32 Å². The monoisotopic (exact) mass is 491 g/mol. The van der Waals surface area contributed by atoms with Crippen LogP contribution in [0.1, 0.15) is 44.9 Å². The number of ether oxygens (including phenoxy) is 1. The van der Waals surface area contributed by atoms with Crippen molar-refractivity contribution in [1.29, 1.82) is 0 Å². The summed E-state index contributed by atoms with van der Waals surface area (Å²) in [4.78, 5) is 15.3. The molecule has 4 saturated carbocycles. The number of amides is 2. The average molecular weight is 492 g/mol. The van der Waals surface area contributed by atoms with Crippen molar-refractivity contribution in [1.82, 2.24) is 14.5 Å². The Kier molecular flexibility index (Phi) is 6.31. The maximum absolute atomic E-state index is 13.2. The highest BCUT2D eigenvalue weighted by atomic mass is 32.2. The first-order valence-corrected chi connectivity index (χ1v) is 14.0. The van der Waals surface area contributed by atoms with Gasteiger partial charge in [0, 0.05) is 32.7 Å². The molecule has 0 spiro atoms. The normalized spacial score (nSPS) is 34.9. The van der Waals surface area contributed by atoms with Gasteiger partial charge in [-0.3, -0.25) is 0 Å². The van der Waals surface area contributed by atoms with Crippen LogP contribution in [0.5, 0.6) is 5.75 Å². The molecule has 5 fully saturated rings. The molecule has 34 heavy (non-hydrogen) atoms. The standard InChI is InChI=1S/C25H37N3O5S/c1-27(34(31,32)22-7-5-21(33-2)6-8-22)15-17-4-3-9-28(16-17)24(29)26-23-19-10-18-11-20(23)14-25(30,12-18)13-19/h5-8,17-20,23,30H,3-4,9-16H2,1-2H3,(H,26,29)/t17-,18?,19?,20?,23?,25?/m1/s1. The van der Waals surface area contributed by atoms with Gasteiger partial charge < -0.3 is 20.1 Å². The second-order valence-electron chi connectivity index (χ2n) is 11.1. The number of hydrogen-bond donors (Lipinski definition) is 2. The van der Waals surface area contributed by atoms with E-state index >= 15 is 0 Å². The number of urea groups is 1. The zero-order chi connectivity index (χ0) is 24.1. The molecule has 1 saturated heterocycles. The number of rotatable bonds is 6. The van der Waals surface area contributed by atoms with Crippen molar-refractivity contribution in [2.24, 2.45) is 23.7 Å². The minimum Gasteiger partial charge on any atom is -0.497 e. The molecule has 1 aromatic carbocycles. The molecule has 1 heterocycles. The molecule has 6 rings (SSSR count). The largest absolute Gasteiger partial charge is 0.497 e. The van der Waals surface area contributed by atoms with Crippen molar-refractivity contribution in [3.8, 4) is 5.75 Å². The van der Waals surface area contributed by atoms with Gasteiger partial charge >= 0.3 is 6.03 Å². The number of nitrogens with zero attached hydrogens (tertiary/aromatic N) is 2. The lowest BCUT2D eigenvalue weighted by atomic mass is 9.52. The van der Waals surface area contributed by atoms with Crippen LogP contribution in [-0.2, 0) is 10.0 Å². The van der Waals surface area contributed by atoms with Crippen LogP contribution >= 0.6 is 0 Å². The van der Waals surface area contributed by atoms with Crippen LogP contribution < -0.4 is 10.1 Å². The Morgan fingerprint density at radius 3 is 2.50 bits per heavy atom. The molecule has 2 amide bonds. The van der Waals surface area contributed by atoms with Gasteiger partial charge in [-0.15, -0.1) is 0 Å². The molecule has 8 nitrogen and oxygen atoms in total. The van der Waals surface area contributed by atoms with Crippen molar-refractivity contribution in [3.05, 3.63) is 24.3 Å². The zero-order valence-corrected chi connectivity index (χ0v) is 21.0. The lowest BCUT2D eigenvalue weighted by Crippen LogP contribution is -2.63. The number of methoxy groups -OCH3 is 1. The van der Waals surface area contributed by atoms with Crippen molar-refractivity contribution in [3.63, 3.8) is 0 Å². The van der Waals surface area contributed by atoms with Crippen LogP contribution in [-0.4, -0.2) is 74.2 Å². The number of likely N-dealkylation sites (tertiary alicyclic amines) is 1. The Labute approximate surface area is 202 Å².